The van der Waals surface area contributed by atoms with Crippen LogP contribution >= 0.6 is 23.2 Å². The fourth-order valence-corrected chi connectivity index (χ4v) is 2.77. The lowest BCUT2D eigenvalue weighted by Crippen LogP contribution is -2.04. The molecule has 0 bridgehead atoms. The van der Waals surface area contributed by atoms with Gasteiger partial charge < -0.3 is 5.73 Å². The van der Waals surface area contributed by atoms with Crippen molar-refractivity contribution in [3.8, 4) is 5.69 Å². The number of rotatable bonds is 4. The summed E-state index contributed by atoms with van der Waals surface area (Å²) in [6, 6.07) is 10.0. The number of aryl methyl sites for hydroxylation is 1. The average molecular weight is 335 g/mol. The quantitative estimate of drug-likeness (QED) is 0.738. The first kappa shape index (κ1) is 15.3. The first-order valence-electron chi connectivity index (χ1n) is 7.16. The maximum Gasteiger partial charge on any atom is 0.166 e. The van der Waals surface area contributed by atoms with Gasteiger partial charge in [0.05, 0.1) is 5.02 Å². The number of fused-ring (bicyclic) bond motifs is 1. The van der Waals surface area contributed by atoms with Crippen LogP contribution in [0.3, 0.4) is 0 Å². The van der Waals surface area contributed by atoms with Crippen LogP contribution < -0.4 is 5.73 Å². The monoisotopic (exact) mass is 334 g/mol. The summed E-state index contributed by atoms with van der Waals surface area (Å²) in [5.74, 6) is 0.924. The molecule has 22 heavy (non-hydrogen) atoms. The van der Waals surface area contributed by atoms with Crippen molar-refractivity contribution in [3.05, 3.63) is 51.9 Å². The Balaban J connectivity index is 2.17. The average Bonchev–Trinajstić information content (AvgIpc) is 2.86. The molecule has 3 rings (SSSR count). The number of nitrogens with zero attached hydrogens (tertiary/aromatic N) is 3. The summed E-state index contributed by atoms with van der Waals surface area (Å²) < 4.78 is 2.02. The molecule has 0 amide bonds. The van der Waals surface area contributed by atoms with Crippen LogP contribution in [-0.2, 0) is 12.8 Å². The molecule has 0 atom stereocenters. The summed E-state index contributed by atoms with van der Waals surface area (Å²) in [6.07, 6.45) is 1.65. The van der Waals surface area contributed by atoms with Crippen LogP contribution in [0, 0.1) is 0 Å². The molecule has 4 nitrogen and oxygen atoms in total. The molecule has 0 radical (unpaired) electrons. The summed E-state index contributed by atoms with van der Waals surface area (Å²) in [7, 11) is 0. The second-order valence-electron chi connectivity index (χ2n) is 5.03. The Kier molecular flexibility index (Phi) is 4.34. The molecule has 114 valence electrons. The van der Waals surface area contributed by atoms with E-state index < -0.39 is 0 Å². The van der Waals surface area contributed by atoms with E-state index in [-0.39, 0.29) is 5.15 Å². The molecule has 0 aliphatic rings. The summed E-state index contributed by atoms with van der Waals surface area (Å²) in [4.78, 5) is 9.00. The van der Waals surface area contributed by atoms with Crippen LogP contribution in [0.2, 0.25) is 10.2 Å². The summed E-state index contributed by atoms with van der Waals surface area (Å²) in [5.41, 5.74) is 9.28. The summed E-state index contributed by atoms with van der Waals surface area (Å²) in [6.45, 7) is 2.70. The van der Waals surface area contributed by atoms with Gasteiger partial charge in [-0.2, -0.15) is 0 Å². The molecule has 0 fully saturated rings. The number of pyridine rings is 1. The van der Waals surface area contributed by atoms with Gasteiger partial charge in [-0.3, -0.25) is 4.57 Å². The molecule has 2 heterocycles. The second kappa shape index (κ2) is 6.24. The van der Waals surface area contributed by atoms with Crippen molar-refractivity contribution in [1.29, 1.82) is 0 Å². The Morgan fingerprint density at radius 3 is 2.50 bits per heavy atom. The molecular formula is C16H16Cl2N4. The lowest BCUT2D eigenvalue weighted by molar-refractivity contribution is 0.899. The Morgan fingerprint density at radius 2 is 1.86 bits per heavy atom. The predicted molar refractivity (Wildman–Crippen MR) is 91.0 cm³/mol. The van der Waals surface area contributed by atoms with Crippen LogP contribution in [0.4, 0.5) is 0 Å². The topological polar surface area (TPSA) is 56.7 Å². The van der Waals surface area contributed by atoms with Gasteiger partial charge in [0.2, 0.25) is 0 Å². The molecular weight excluding hydrogens is 319 g/mol. The smallest absolute Gasteiger partial charge is 0.166 e. The number of hydrogen-bond donors (Lipinski definition) is 1. The van der Waals surface area contributed by atoms with E-state index in [4.69, 9.17) is 28.9 Å². The number of benzene rings is 1. The molecule has 0 unspecified atom stereocenters. The third-order valence-electron chi connectivity index (χ3n) is 3.56. The Morgan fingerprint density at radius 1 is 1.14 bits per heavy atom. The van der Waals surface area contributed by atoms with Gasteiger partial charge in [0.25, 0.3) is 0 Å². The second-order valence-corrected chi connectivity index (χ2v) is 5.79. The van der Waals surface area contributed by atoms with Crippen molar-refractivity contribution in [2.45, 2.75) is 19.8 Å². The predicted octanol–water partition coefficient (Wildman–Crippen LogP) is 3.79. The maximum atomic E-state index is 6.07. The lowest BCUT2D eigenvalue weighted by atomic mass is 10.1. The Hall–Kier alpha value is -1.62. The van der Waals surface area contributed by atoms with Gasteiger partial charge in [-0.15, -0.1) is 0 Å². The van der Waals surface area contributed by atoms with Gasteiger partial charge in [-0.05, 0) is 36.7 Å². The summed E-state index contributed by atoms with van der Waals surface area (Å²) in [5, 5.41) is 0.706. The van der Waals surface area contributed by atoms with Gasteiger partial charge in [-0.25, -0.2) is 9.97 Å². The fraction of sp³-hybridized carbons (Fsp3) is 0.250. The van der Waals surface area contributed by atoms with Crippen molar-refractivity contribution in [3.63, 3.8) is 0 Å². The largest absolute Gasteiger partial charge is 0.330 e. The first-order valence-corrected chi connectivity index (χ1v) is 7.92. The van der Waals surface area contributed by atoms with Crippen LogP contribution in [0.5, 0.6) is 0 Å². The van der Waals surface area contributed by atoms with Gasteiger partial charge in [0, 0.05) is 12.1 Å². The molecule has 2 aromatic heterocycles. The third-order valence-corrected chi connectivity index (χ3v) is 4.23. The van der Waals surface area contributed by atoms with Crippen molar-refractivity contribution in [2.24, 2.45) is 5.73 Å². The highest BCUT2D eigenvalue weighted by molar-refractivity contribution is 6.41. The standard InChI is InChI=1S/C16H16Cl2N4/c1-2-14-20-13-9-12(17)15(18)21-16(13)22(14)11-5-3-10(4-6-11)7-8-19/h3-6,9H,2,7-8,19H2,1H3. The molecule has 0 saturated carbocycles. The highest BCUT2D eigenvalue weighted by atomic mass is 35.5. The number of aromatic nitrogens is 3. The van der Waals surface area contributed by atoms with Crippen molar-refractivity contribution < 1.29 is 0 Å². The minimum Gasteiger partial charge on any atom is -0.330 e. The molecule has 0 aliphatic heterocycles. The van der Waals surface area contributed by atoms with E-state index >= 15 is 0 Å². The van der Waals surface area contributed by atoms with E-state index in [0.29, 0.717) is 11.6 Å². The number of nitrogens with two attached hydrogens (primary N) is 1. The van der Waals surface area contributed by atoms with E-state index in [1.54, 1.807) is 6.07 Å². The van der Waals surface area contributed by atoms with Gasteiger partial charge in [0.15, 0.2) is 5.65 Å². The minimum atomic E-state index is 0.290. The zero-order valence-electron chi connectivity index (χ0n) is 12.2. The molecule has 6 heteroatoms. The highest BCUT2D eigenvalue weighted by Crippen LogP contribution is 2.27. The maximum absolute atomic E-state index is 6.07. The van der Waals surface area contributed by atoms with Crippen molar-refractivity contribution in [1.82, 2.24) is 14.5 Å². The molecule has 2 N–H and O–H groups in total. The van der Waals surface area contributed by atoms with Gasteiger partial charge in [-0.1, -0.05) is 42.3 Å². The molecule has 1 aromatic carbocycles. The van der Waals surface area contributed by atoms with Crippen LogP contribution in [-0.4, -0.2) is 21.1 Å². The number of halogens is 2. The minimum absolute atomic E-state index is 0.290. The molecule has 0 spiro atoms. The highest BCUT2D eigenvalue weighted by Gasteiger charge is 2.14. The Labute approximate surface area is 138 Å². The van der Waals surface area contributed by atoms with Crippen LogP contribution in [0.1, 0.15) is 18.3 Å². The van der Waals surface area contributed by atoms with E-state index in [9.17, 15) is 0 Å². The number of imidazole rings is 1. The van der Waals surface area contributed by atoms with Crippen molar-refractivity contribution in [2.75, 3.05) is 6.54 Å². The number of hydrogen-bond acceptors (Lipinski definition) is 3. The summed E-state index contributed by atoms with van der Waals surface area (Å²) >= 11 is 12.1. The molecule has 0 saturated heterocycles. The lowest BCUT2D eigenvalue weighted by Gasteiger charge is -2.09. The molecule has 3 aromatic rings. The third kappa shape index (κ3) is 2.70. The fourth-order valence-electron chi connectivity index (χ4n) is 2.49. The molecule has 0 aliphatic carbocycles. The van der Waals surface area contributed by atoms with Crippen LogP contribution in [0.15, 0.2) is 30.3 Å². The zero-order chi connectivity index (χ0) is 15.7. The van der Waals surface area contributed by atoms with Gasteiger partial charge >= 0.3 is 0 Å². The van der Waals surface area contributed by atoms with E-state index in [1.807, 2.05) is 4.57 Å². The van der Waals surface area contributed by atoms with Crippen LogP contribution in [0.25, 0.3) is 16.9 Å². The van der Waals surface area contributed by atoms with E-state index in [0.717, 1.165) is 35.5 Å². The normalized spacial score (nSPS) is 11.3. The Bertz CT molecular complexity index is 809. The zero-order valence-corrected chi connectivity index (χ0v) is 13.7. The van der Waals surface area contributed by atoms with E-state index in [2.05, 4.69) is 41.2 Å². The van der Waals surface area contributed by atoms with Crippen molar-refractivity contribution >= 4 is 34.4 Å². The SMILES string of the molecule is CCc1nc2cc(Cl)c(Cl)nc2n1-c1ccc(CCN)cc1. The van der Waals surface area contributed by atoms with Gasteiger partial charge in [0.1, 0.15) is 16.5 Å². The van der Waals surface area contributed by atoms with E-state index in [1.165, 1.54) is 5.56 Å². The first-order chi connectivity index (χ1) is 10.6.